The third-order valence-electron chi connectivity index (χ3n) is 6.47. The minimum Gasteiger partial charge on any atom is -0.507 e. The molecule has 2 heterocycles. The zero-order chi connectivity index (χ0) is 29.0. The van der Waals surface area contributed by atoms with E-state index in [2.05, 4.69) is 17.1 Å². The fourth-order valence-corrected chi connectivity index (χ4v) is 5.23. The monoisotopic (exact) mass is 567 g/mol. The summed E-state index contributed by atoms with van der Waals surface area (Å²) in [4.78, 5) is 28.3. The predicted molar refractivity (Wildman–Crippen MR) is 152 cm³/mol. The topological polar surface area (TPSA) is 120 Å². The van der Waals surface area contributed by atoms with Crippen molar-refractivity contribution in [1.29, 1.82) is 0 Å². The van der Waals surface area contributed by atoms with Gasteiger partial charge in [-0.2, -0.15) is 0 Å². The average Bonchev–Trinajstić information content (AvgIpc) is 3.55. The fourth-order valence-electron chi connectivity index (χ4n) is 4.36. The summed E-state index contributed by atoms with van der Waals surface area (Å²) in [5.74, 6) is -0.280. The zero-order valence-corrected chi connectivity index (χ0v) is 24.2. The smallest absolute Gasteiger partial charge is 0.301 e. The molecular weight excluding hydrogens is 534 g/mol. The Morgan fingerprint density at radius 2 is 1.68 bits per heavy atom. The van der Waals surface area contributed by atoms with E-state index >= 15 is 0 Å². The molecule has 1 aliphatic heterocycles. The van der Waals surface area contributed by atoms with Gasteiger partial charge in [0.25, 0.3) is 5.78 Å². The average molecular weight is 568 g/mol. The molecule has 1 N–H and O–H groups in total. The standard InChI is InChI=1S/C29H33N3O7S/c1-7-8-13-39-19-11-9-17(10-12-19)24(33)22-23(18-14-20(36-4)26(38-6)21(15-18)37-5)32(28(35)25(22)34)29-31-30-27(40-29)16(2)3/h9-12,14-16,23,33H,7-8,13H2,1-6H3. The van der Waals surface area contributed by atoms with Crippen molar-refractivity contribution >= 4 is 33.9 Å². The maximum absolute atomic E-state index is 13.5. The van der Waals surface area contributed by atoms with Gasteiger partial charge in [-0.25, -0.2) is 0 Å². The molecule has 0 spiro atoms. The molecule has 40 heavy (non-hydrogen) atoms. The molecule has 2 aromatic carbocycles. The molecule has 212 valence electrons. The lowest BCUT2D eigenvalue weighted by molar-refractivity contribution is -0.132. The van der Waals surface area contributed by atoms with Crippen LogP contribution >= 0.6 is 11.3 Å². The van der Waals surface area contributed by atoms with Crippen LogP contribution < -0.4 is 23.8 Å². The molecular formula is C29H33N3O7S. The largest absolute Gasteiger partial charge is 0.507 e. The number of hydrogen-bond acceptors (Lipinski definition) is 10. The minimum absolute atomic E-state index is 0.0701. The molecule has 1 fully saturated rings. The van der Waals surface area contributed by atoms with E-state index in [0.29, 0.717) is 45.7 Å². The molecule has 0 bridgehead atoms. The molecule has 1 amide bonds. The van der Waals surface area contributed by atoms with Gasteiger partial charge in [-0.3, -0.25) is 14.5 Å². The van der Waals surface area contributed by atoms with Crippen LogP contribution in [0.2, 0.25) is 0 Å². The molecule has 3 aromatic rings. The van der Waals surface area contributed by atoms with E-state index in [4.69, 9.17) is 18.9 Å². The van der Waals surface area contributed by atoms with E-state index in [1.165, 1.54) is 37.6 Å². The van der Waals surface area contributed by atoms with Gasteiger partial charge in [0.2, 0.25) is 10.9 Å². The zero-order valence-electron chi connectivity index (χ0n) is 23.4. The molecule has 1 saturated heterocycles. The Bertz CT molecular complexity index is 1390. The number of aliphatic hydroxyl groups excluding tert-OH is 1. The van der Waals surface area contributed by atoms with Gasteiger partial charge in [0.15, 0.2) is 11.5 Å². The Morgan fingerprint density at radius 1 is 1.02 bits per heavy atom. The van der Waals surface area contributed by atoms with Gasteiger partial charge in [0, 0.05) is 11.5 Å². The van der Waals surface area contributed by atoms with Crippen molar-refractivity contribution in [2.45, 2.75) is 45.6 Å². The lowest BCUT2D eigenvalue weighted by atomic mass is 9.94. The molecule has 0 radical (unpaired) electrons. The highest BCUT2D eigenvalue weighted by molar-refractivity contribution is 7.15. The second-order valence-electron chi connectivity index (χ2n) is 9.43. The van der Waals surface area contributed by atoms with Crippen LogP contribution in [-0.2, 0) is 9.59 Å². The molecule has 4 rings (SSSR count). The van der Waals surface area contributed by atoms with Crippen LogP contribution in [0.4, 0.5) is 5.13 Å². The first-order chi connectivity index (χ1) is 19.2. The summed E-state index contributed by atoms with van der Waals surface area (Å²) in [5, 5.41) is 20.9. The number of anilines is 1. The second-order valence-corrected chi connectivity index (χ2v) is 10.4. The van der Waals surface area contributed by atoms with Crippen molar-refractivity contribution in [3.63, 3.8) is 0 Å². The quantitative estimate of drug-likeness (QED) is 0.139. The lowest BCUT2D eigenvalue weighted by Crippen LogP contribution is -2.29. The van der Waals surface area contributed by atoms with Crippen molar-refractivity contribution in [1.82, 2.24) is 10.2 Å². The Kier molecular flexibility index (Phi) is 8.93. The van der Waals surface area contributed by atoms with Gasteiger partial charge in [-0.1, -0.05) is 38.5 Å². The maximum atomic E-state index is 13.5. The van der Waals surface area contributed by atoms with Gasteiger partial charge in [-0.15, -0.1) is 10.2 Å². The van der Waals surface area contributed by atoms with Gasteiger partial charge >= 0.3 is 5.91 Å². The van der Waals surface area contributed by atoms with Gasteiger partial charge < -0.3 is 24.1 Å². The molecule has 1 aromatic heterocycles. The number of nitrogens with zero attached hydrogens (tertiary/aromatic N) is 3. The molecule has 0 aliphatic carbocycles. The fraction of sp³-hybridized carbons (Fsp3) is 0.379. The number of ether oxygens (including phenoxy) is 4. The van der Waals surface area contributed by atoms with E-state index < -0.39 is 17.7 Å². The number of hydrogen-bond donors (Lipinski definition) is 1. The Balaban J connectivity index is 1.89. The van der Waals surface area contributed by atoms with Crippen molar-refractivity contribution in [2.24, 2.45) is 0 Å². The third kappa shape index (κ3) is 5.46. The summed E-state index contributed by atoms with van der Waals surface area (Å²) in [6.45, 7) is 6.58. The van der Waals surface area contributed by atoms with Crippen LogP contribution in [0, 0.1) is 0 Å². The SMILES string of the molecule is CCCCOc1ccc(C(O)=C2C(=O)C(=O)N(c3nnc(C(C)C)s3)C2c2cc(OC)c(OC)c(OC)c2)cc1. The summed E-state index contributed by atoms with van der Waals surface area (Å²) in [5.41, 5.74) is 0.717. The first kappa shape index (κ1) is 28.9. The van der Waals surface area contributed by atoms with Gasteiger partial charge in [0.1, 0.15) is 16.5 Å². The number of ketones is 1. The van der Waals surface area contributed by atoms with E-state index in [1.54, 1.807) is 36.4 Å². The normalized spacial score (nSPS) is 16.5. The Hall–Kier alpha value is -4.12. The number of Topliss-reactive ketones (excluding diaryl/α,β-unsaturated/α-hetero) is 1. The van der Waals surface area contributed by atoms with Crippen LogP contribution in [0.15, 0.2) is 42.0 Å². The Morgan fingerprint density at radius 3 is 2.20 bits per heavy atom. The van der Waals surface area contributed by atoms with Crippen LogP contribution in [0.1, 0.15) is 61.7 Å². The molecule has 0 saturated carbocycles. The third-order valence-corrected chi connectivity index (χ3v) is 7.69. The van der Waals surface area contributed by atoms with Crippen LogP contribution in [-0.4, -0.2) is 54.9 Å². The maximum Gasteiger partial charge on any atom is 0.301 e. The van der Waals surface area contributed by atoms with E-state index in [0.717, 1.165) is 12.8 Å². The van der Waals surface area contributed by atoms with E-state index in [-0.39, 0.29) is 22.4 Å². The highest BCUT2D eigenvalue weighted by Crippen LogP contribution is 2.47. The highest BCUT2D eigenvalue weighted by atomic mass is 32.1. The number of methoxy groups -OCH3 is 3. The number of carbonyl (C=O) groups is 2. The minimum atomic E-state index is -1.04. The molecule has 11 heteroatoms. The van der Waals surface area contributed by atoms with Crippen molar-refractivity contribution in [3.05, 3.63) is 58.1 Å². The molecule has 10 nitrogen and oxygen atoms in total. The number of amides is 1. The first-order valence-electron chi connectivity index (χ1n) is 12.9. The first-order valence-corrected chi connectivity index (χ1v) is 13.7. The van der Waals surface area contributed by atoms with Crippen LogP contribution in [0.25, 0.3) is 5.76 Å². The number of unbranched alkanes of at least 4 members (excludes halogenated alkanes) is 1. The summed E-state index contributed by atoms with van der Waals surface area (Å²) in [7, 11) is 4.43. The number of benzene rings is 2. The number of rotatable bonds is 11. The second kappa shape index (κ2) is 12.4. The summed E-state index contributed by atoms with van der Waals surface area (Å²) >= 11 is 1.21. The van der Waals surface area contributed by atoms with Crippen molar-refractivity contribution in [2.75, 3.05) is 32.8 Å². The lowest BCUT2D eigenvalue weighted by Gasteiger charge is -2.24. The number of aliphatic hydroxyl groups is 1. The summed E-state index contributed by atoms with van der Waals surface area (Å²) in [6.07, 6.45) is 1.93. The number of aromatic nitrogens is 2. The van der Waals surface area contributed by atoms with E-state index in [1.807, 2.05) is 13.8 Å². The van der Waals surface area contributed by atoms with Crippen molar-refractivity contribution in [3.8, 4) is 23.0 Å². The van der Waals surface area contributed by atoms with Gasteiger partial charge in [-0.05, 0) is 48.4 Å². The molecule has 1 unspecified atom stereocenters. The number of carbonyl (C=O) groups excluding carboxylic acids is 2. The van der Waals surface area contributed by atoms with Crippen LogP contribution in [0.3, 0.4) is 0 Å². The van der Waals surface area contributed by atoms with E-state index in [9.17, 15) is 14.7 Å². The molecule has 1 atom stereocenters. The van der Waals surface area contributed by atoms with Crippen LogP contribution in [0.5, 0.6) is 23.0 Å². The predicted octanol–water partition coefficient (Wildman–Crippen LogP) is 5.49. The highest BCUT2D eigenvalue weighted by Gasteiger charge is 2.49. The van der Waals surface area contributed by atoms with Crippen molar-refractivity contribution < 1.29 is 33.6 Å². The molecule has 1 aliphatic rings. The summed E-state index contributed by atoms with van der Waals surface area (Å²) < 4.78 is 22.2. The Labute approximate surface area is 237 Å². The summed E-state index contributed by atoms with van der Waals surface area (Å²) in [6, 6.07) is 8.99. The van der Waals surface area contributed by atoms with Gasteiger partial charge in [0.05, 0.1) is 39.6 Å².